The molecular formula is C33H33ClN2O2S. The maximum atomic E-state index is 14.0. The van der Waals surface area contributed by atoms with Gasteiger partial charge in [0.05, 0.1) is 5.69 Å². The largest absolute Gasteiger partial charge is 0.507 e. The van der Waals surface area contributed by atoms with Crippen LogP contribution in [0.25, 0.3) is 5.76 Å². The summed E-state index contributed by atoms with van der Waals surface area (Å²) in [6.45, 7) is 8.12. The van der Waals surface area contributed by atoms with E-state index in [1.54, 1.807) is 11.8 Å². The van der Waals surface area contributed by atoms with Gasteiger partial charge in [-0.3, -0.25) is 15.1 Å². The van der Waals surface area contributed by atoms with Gasteiger partial charge in [-0.15, -0.1) is 11.8 Å². The second-order valence-corrected chi connectivity index (χ2v) is 12.5. The second-order valence-electron chi connectivity index (χ2n) is 11.2. The zero-order chi connectivity index (χ0) is 28.1. The minimum atomic E-state index is -0.566. The van der Waals surface area contributed by atoms with Crippen LogP contribution in [0.3, 0.4) is 0 Å². The van der Waals surface area contributed by atoms with E-state index in [0.29, 0.717) is 34.6 Å². The molecule has 0 fully saturated rings. The smallest absolute Gasteiger partial charge is 0.162 e. The fraction of sp³-hybridized carbons (Fsp3) is 0.273. The van der Waals surface area contributed by atoms with Gasteiger partial charge in [0, 0.05) is 44.7 Å². The van der Waals surface area contributed by atoms with Gasteiger partial charge in [0.25, 0.3) is 0 Å². The molecule has 0 saturated carbocycles. The molecule has 5 rings (SSSR count). The van der Waals surface area contributed by atoms with Crippen molar-refractivity contribution in [3.63, 3.8) is 0 Å². The zero-order valence-corrected chi connectivity index (χ0v) is 24.5. The van der Waals surface area contributed by atoms with Crippen LogP contribution in [0, 0.1) is 24.7 Å². The number of hydrogen-bond acceptors (Lipinski definition) is 4. The van der Waals surface area contributed by atoms with E-state index >= 15 is 0 Å². The lowest BCUT2D eigenvalue weighted by Crippen LogP contribution is -2.45. The van der Waals surface area contributed by atoms with Crippen LogP contribution >= 0.6 is 23.4 Å². The highest BCUT2D eigenvalue weighted by Crippen LogP contribution is 2.52. The Hall–Kier alpha value is -3.28. The molecule has 1 heterocycles. The number of aliphatic hydroxyl groups is 1. The molecule has 1 aliphatic heterocycles. The summed E-state index contributed by atoms with van der Waals surface area (Å²) in [4.78, 5) is 17.0. The summed E-state index contributed by atoms with van der Waals surface area (Å²) >= 11 is 8.21. The Bertz CT molecular complexity index is 1530. The van der Waals surface area contributed by atoms with Gasteiger partial charge in [0.15, 0.2) is 5.78 Å². The molecule has 3 aromatic rings. The number of aliphatic hydroxyl groups excluding tert-OH is 1. The highest BCUT2D eigenvalue weighted by molar-refractivity contribution is 7.98. The van der Waals surface area contributed by atoms with Crippen LogP contribution in [0.15, 0.2) is 88.5 Å². The molecule has 0 bridgehead atoms. The normalized spacial score (nSPS) is 20.3. The monoisotopic (exact) mass is 556 g/mol. The predicted molar refractivity (Wildman–Crippen MR) is 163 cm³/mol. The van der Waals surface area contributed by atoms with Gasteiger partial charge in [0.2, 0.25) is 0 Å². The van der Waals surface area contributed by atoms with E-state index in [9.17, 15) is 15.3 Å². The molecule has 0 spiro atoms. The zero-order valence-electron chi connectivity index (χ0n) is 22.9. The Labute approximate surface area is 239 Å². The van der Waals surface area contributed by atoms with Gasteiger partial charge in [-0.05, 0) is 67.3 Å². The molecule has 0 aromatic heterocycles. The number of anilines is 1. The van der Waals surface area contributed by atoms with Gasteiger partial charge in [-0.2, -0.15) is 0 Å². The molecule has 2 aliphatic rings. The van der Waals surface area contributed by atoms with Crippen LogP contribution in [0.4, 0.5) is 5.69 Å². The van der Waals surface area contributed by atoms with Crippen LogP contribution in [0.2, 0.25) is 5.02 Å². The molecule has 6 heteroatoms. The standard InChI is InChI=1S/C33H33ClN2O2S/c1-19-9-11-22(12-10-19)31(38)30-28(21-13-15-23(39-5)16-14-21)29-26(17-33(3,4)18-27(29)37)36(32(30)35)25-8-6-7-24(34)20(25)2/h6-16,28,35,38H,17-18H2,1-5H3/b31-30+,35-32?. The van der Waals surface area contributed by atoms with Crippen molar-refractivity contribution >= 4 is 46.4 Å². The predicted octanol–water partition coefficient (Wildman–Crippen LogP) is 8.87. The van der Waals surface area contributed by atoms with Crippen molar-refractivity contribution in [2.75, 3.05) is 11.2 Å². The first-order valence-corrected chi connectivity index (χ1v) is 14.7. The Morgan fingerprint density at radius 3 is 2.33 bits per heavy atom. The van der Waals surface area contributed by atoms with E-state index < -0.39 is 5.92 Å². The average Bonchev–Trinajstić information content (AvgIpc) is 2.89. The number of hydrogen-bond donors (Lipinski definition) is 2. The van der Waals surface area contributed by atoms with Gasteiger partial charge in [-0.1, -0.05) is 73.5 Å². The second kappa shape index (κ2) is 10.4. The SMILES string of the molecule is CSc1ccc(C2C3=C(CC(C)(C)CC3=O)N(c3cccc(Cl)c3C)C(=N)/C2=C(/O)c2ccc(C)cc2)cc1. The molecular weight excluding hydrogens is 524 g/mol. The van der Waals surface area contributed by atoms with E-state index in [0.717, 1.165) is 33.0 Å². The maximum absolute atomic E-state index is 14.0. The number of halogens is 1. The summed E-state index contributed by atoms with van der Waals surface area (Å²) in [5.74, 6) is -0.356. The van der Waals surface area contributed by atoms with E-state index in [1.165, 1.54) is 0 Å². The number of thioether (sulfide) groups is 1. The van der Waals surface area contributed by atoms with E-state index in [-0.39, 0.29) is 22.8 Å². The summed E-state index contributed by atoms with van der Waals surface area (Å²) in [6.07, 6.45) is 3.05. The minimum absolute atomic E-state index is 0.00723. The quantitative estimate of drug-likeness (QED) is 0.249. The lowest BCUT2D eigenvalue weighted by molar-refractivity contribution is -0.118. The highest BCUT2D eigenvalue weighted by Gasteiger charge is 2.47. The molecule has 0 amide bonds. The maximum Gasteiger partial charge on any atom is 0.162 e. The number of carbonyl (C=O) groups excluding carboxylic acids is 1. The van der Waals surface area contributed by atoms with Gasteiger partial charge in [-0.25, -0.2) is 0 Å². The summed E-state index contributed by atoms with van der Waals surface area (Å²) in [5, 5.41) is 22.1. The van der Waals surface area contributed by atoms with Gasteiger partial charge >= 0.3 is 0 Å². The number of nitrogens with zero attached hydrogens (tertiary/aromatic N) is 1. The number of rotatable bonds is 4. The fourth-order valence-corrected chi connectivity index (χ4v) is 6.29. The van der Waals surface area contributed by atoms with Crippen molar-refractivity contribution in [1.82, 2.24) is 0 Å². The number of ketones is 1. The number of allylic oxidation sites excluding steroid dienone is 2. The van der Waals surface area contributed by atoms with Crippen LogP contribution in [0.5, 0.6) is 0 Å². The molecule has 1 atom stereocenters. The molecule has 2 N–H and O–H groups in total. The number of amidine groups is 1. The van der Waals surface area contributed by atoms with Gasteiger partial charge < -0.3 is 5.11 Å². The third kappa shape index (κ3) is 4.94. The minimum Gasteiger partial charge on any atom is -0.507 e. The molecule has 1 aliphatic carbocycles. The topological polar surface area (TPSA) is 64.4 Å². The van der Waals surface area contributed by atoms with Crippen molar-refractivity contribution in [2.45, 2.75) is 51.3 Å². The Morgan fingerprint density at radius 1 is 1.03 bits per heavy atom. The first kappa shape index (κ1) is 27.3. The summed E-state index contributed by atoms with van der Waals surface area (Å²) in [7, 11) is 0. The van der Waals surface area contributed by atoms with Crippen molar-refractivity contribution in [3.8, 4) is 0 Å². The van der Waals surface area contributed by atoms with E-state index in [4.69, 9.17) is 11.6 Å². The third-order valence-corrected chi connectivity index (χ3v) is 8.88. The van der Waals surface area contributed by atoms with Crippen molar-refractivity contribution in [3.05, 3.63) is 111 Å². The summed E-state index contributed by atoms with van der Waals surface area (Å²) in [6, 6.07) is 21.4. The van der Waals surface area contributed by atoms with Crippen molar-refractivity contribution in [2.24, 2.45) is 5.41 Å². The molecule has 3 aromatic carbocycles. The summed E-state index contributed by atoms with van der Waals surface area (Å²) in [5.41, 5.74) is 5.75. The molecule has 4 nitrogen and oxygen atoms in total. The molecule has 39 heavy (non-hydrogen) atoms. The van der Waals surface area contributed by atoms with Crippen molar-refractivity contribution in [1.29, 1.82) is 5.41 Å². The number of nitrogens with one attached hydrogen (secondary N) is 1. The third-order valence-electron chi connectivity index (χ3n) is 7.73. The Kier molecular flexibility index (Phi) is 7.25. The van der Waals surface area contributed by atoms with Gasteiger partial charge in [0.1, 0.15) is 11.6 Å². The number of aryl methyl sites for hydroxylation is 1. The molecule has 1 unspecified atom stereocenters. The lowest BCUT2D eigenvalue weighted by atomic mass is 9.67. The Balaban J connectivity index is 1.86. The van der Waals surface area contributed by atoms with Crippen molar-refractivity contribution < 1.29 is 9.90 Å². The first-order chi connectivity index (χ1) is 18.5. The fourth-order valence-electron chi connectivity index (χ4n) is 5.72. The first-order valence-electron chi connectivity index (χ1n) is 13.1. The molecule has 0 saturated heterocycles. The van der Waals surface area contributed by atoms with E-state index in [2.05, 4.69) is 13.8 Å². The van der Waals surface area contributed by atoms with Crippen LogP contribution in [0.1, 0.15) is 54.9 Å². The van der Waals surface area contributed by atoms with Crippen LogP contribution in [-0.2, 0) is 4.79 Å². The Morgan fingerprint density at radius 2 is 1.69 bits per heavy atom. The number of benzene rings is 3. The highest BCUT2D eigenvalue weighted by atomic mass is 35.5. The molecule has 200 valence electrons. The van der Waals surface area contributed by atoms with E-state index in [1.807, 2.05) is 91.7 Å². The number of carbonyl (C=O) groups is 1. The lowest BCUT2D eigenvalue weighted by Gasteiger charge is -2.45. The molecule has 0 radical (unpaired) electrons. The average molecular weight is 557 g/mol. The van der Waals surface area contributed by atoms with Crippen LogP contribution < -0.4 is 4.90 Å². The summed E-state index contributed by atoms with van der Waals surface area (Å²) < 4.78 is 0. The number of Topliss-reactive ketones (excluding diaryl/α,β-unsaturated/α-hetero) is 1. The van der Waals surface area contributed by atoms with Crippen LogP contribution in [-0.4, -0.2) is 23.0 Å².